The second kappa shape index (κ2) is 3.64. The molecule has 1 aromatic rings. The third-order valence-electron chi connectivity index (χ3n) is 4.25. The lowest BCUT2D eigenvalue weighted by molar-refractivity contribution is 0.0361. The molecule has 15 heavy (non-hydrogen) atoms. The van der Waals surface area contributed by atoms with E-state index >= 15 is 0 Å². The summed E-state index contributed by atoms with van der Waals surface area (Å²) in [6.07, 6.45) is 7.18. The van der Waals surface area contributed by atoms with E-state index in [4.69, 9.17) is 0 Å². The highest BCUT2D eigenvalue weighted by molar-refractivity contribution is 5.25. The molecule has 1 saturated carbocycles. The highest BCUT2D eigenvalue weighted by atomic mass is 15.0. The molecule has 2 fully saturated rings. The van der Waals surface area contributed by atoms with Gasteiger partial charge in [-0.1, -0.05) is 49.6 Å². The van der Waals surface area contributed by atoms with Crippen molar-refractivity contribution in [1.29, 1.82) is 0 Å². The van der Waals surface area contributed by atoms with E-state index in [1.807, 2.05) is 0 Å². The lowest BCUT2D eigenvalue weighted by Crippen LogP contribution is -2.56. The van der Waals surface area contributed by atoms with Crippen LogP contribution in [0.5, 0.6) is 0 Å². The lowest BCUT2D eigenvalue weighted by atomic mass is 9.62. The minimum Gasteiger partial charge on any atom is -0.309 e. The van der Waals surface area contributed by atoms with Crippen LogP contribution >= 0.6 is 0 Å². The van der Waals surface area contributed by atoms with Crippen LogP contribution < -0.4 is 5.32 Å². The van der Waals surface area contributed by atoms with Crippen LogP contribution in [-0.2, 0) is 0 Å². The van der Waals surface area contributed by atoms with Crippen LogP contribution in [0.1, 0.15) is 43.7 Å². The molecular formula is C14H19N. The Hall–Kier alpha value is -0.820. The van der Waals surface area contributed by atoms with Crippen molar-refractivity contribution in [3.8, 4) is 0 Å². The van der Waals surface area contributed by atoms with Gasteiger partial charge < -0.3 is 5.32 Å². The first kappa shape index (κ1) is 9.41. The molecule has 1 heteroatoms. The highest BCUT2D eigenvalue weighted by Crippen LogP contribution is 2.50. The second-order valence-electron chi connectivity index (χ2n) is 5.15. The van der Waals surface area contributed by atoms with Crippen LogP contribution in [0.4, 0.5) is 0 Å². The zero-order chi connectivity index (χ0) is 10.1. The van der Waals surface area contributed by atoms with Gasteiger partial charge in [0.05, 0.1) is 0 Å². The van der Waals surface area contributed by atoms with Gasteiger partial charge in [-0.2, -0.15) is 0 Å². The van der Waals surface area contributed by atoms with Crippen LogP contribution in [0.3, 0.4) is 0 Å². The molecule has 0 aromatic heterocycles. The zero-order valence-corrected chi connectivity index (χ0v) is 9.21. The van der Waals surface area contributed by atoms with Crippen molar-refractivity contribution in [3.63, 3.8) is 0 Å². The van der Waals surface area contributed by atoms with E-state index in [1.54, 1.807) is 0 Å². The van der Waals surface area contributed by atoms with Crippen LogP contribution in [-0.4, -0.2) is 6.54 Å². The van der Waals surface area contributed by atoms with E-state index < -0.39 is 0 Å². The van der Waals surface area contributed by atoms with Crippen LogP contribution in [0, 0.1) is 5.41 Å². The molecular weight excluding hydrogens is 182 g/mol. The Morgan fingerprint density at radius 1 is 1.00 bits per heavy atom. The Labute approximate surface area is 91.9 Å². The van der Waals surface area contributed by atoms with Gasteiger partial charge in [0.15, 0.2) is 0 Å². The summed E-state index contributed by atoms with van der Waals surface area (Å²) in [4.78, 5) is 0. The summed E-state index contributed by atoms with van der Waals surface area (Å²) in [6.45, 7) is 1.24. The van der Waals surface area contributed by atoms with Gasteiger partial charge in [-0.05, 0) is 18.4 Å². The fourth-order valence-electron chi connectivity index (χ4n) is 3.33. The Kier molecular flexibility index (Phi) is 2.28. The van der Waals surface area contributed by atoms with Gasteiger partial charge in [-0.3, -0.25) is 0 Å². The second-order valence-corrected chi connectivity index (χ2v) is 5.15. The number of benzene rings is 1. The van der Waals surface area contributed by atoms with E-state index in [-0.39, 0.29) is 0 Å². The quantitative estimate of drug-likeness (QED) is 0.735. The normalized spacial score (nSPS) is 28.7. The first-order valence-electron chi connectivity index (χ1n) is 6.19. The molecule has 80 valence electrons. The molecule has 1 saturated heterocycles. The van der Waals surface area contributed by atoms with Crippen LogP contribution in [0.25, 0.3) is 0 Å². The number of hydrogen-bond acceptors (Lipinski definition) is 1. The van der Waals surface area contributed by atoms with E-state index in [9.17, 15) is 0 Å². The van der Waals surface area contributed by atoms with Crippen molar-refractivity contribution in [3.05, 3.63) is 35.9 Å². The Balaban J connectivity index is 1.83. The monoisotopic (exact) mass is 201 g/mol. The SMILES string of the molecule is c1ccc([C@@H]2NCC23CCCCC3)cc1. The van der Waals surface area contributed by atoms with E-state index in [1.165, 1.54) is 44.2 Å². The lowest BCUT2D eigenvalue weighted by Gasteiger charge is -2.53. The summed E-state index contributed by atoms with van der Waals surface area (Å²) in [6, 6.07) is 11.6. The molecule has 0 amide bonds. The van der Waals surface area contributed by atoms with Crippen molar-refractivity contribution >= 4 is 0 Å². The molecule has 1 N–H and O–H groups in total. The predicted molar refractivity (Wildman–Crippen MR) is 62.7 cm³/mol. The summed E-state index contributed by atoms with van der Waals surface area (Å²) in [5, 5.41) is 3.62. The molecule has 1 aromatic carbocycles. The number of hydrogen-bond donors (Lipinski definition) is 1. The topological polar surface area (TPSA) is 12.0 Å². The first-order valence-corrected chi connectivity index (χ1v) is 6.19. The third-order valence-corrected chi connectivity index (χ3v) is 4.25. The molecule has 3 rings (SSSR count). The Bertz CT molecular complexity index is 324. The average molecular weight is 201 g/mol. The van der Waals surface area contributed by atoms with Crippen LogP contribution in [0.15, 0.2) is 30.3 Å². The van der Waals surface area contributed by atoms with Crippen molar-refractivity contribution in [2.45, 2.75) is 38.1 Å². The van der Waals surface area contributed by atoms with Crippen molar-refractivity contribution in [2.75, 3.05) is 6.54 Å². The summed E-state index contributed by atoms with van der Waals surface area (Å²) in [5.74, 6) is 0. The molecule has 2 aliphatic rings. The molecule has 0 bridgehead atoms. The number of rotatable bonds is 1. The fourth-order valence-corrected chi connectivity index (χ4v) is 3.33. The molecule has 0 radical (unpaired) electrons. The van der Waals surface area contributed by atoms with Crippen molar-refractivity contribution in [1.82, 2.24) is 5.32 Å². The minimum atomic E-state index is 0.611. The van der Waals surface area contributed by atoms with Gasteiger partial charge in [-0.25, -0.2) is 0 Å². The summed E-state index contributed by atoms with van der Waals surface area (Å²) >= 11 is 0. The maximum atomic E-state index is 3.62. The maximum Gasteiger partial charge on any atom is 0.0389 e. The summed E-state index contributed by atoms with van der Waals surface area (Å²) in [7, 11) is 0. The van der Waals surface area contributed by atoms with Crippen LogP contribution in [0.2, 0.25) is 0 Å². The molecule has 1 atom stereocenters. The minimum absolute atomic E-state index is 0.611. The zero-order valence-electron chi connectivity index (χ0n) is 9.21. The third kappa shape index (κ3) is 1.50. The van der Waals surface area contributed by atoms with Gasteiger partial charge >= 0.3 is 0 Å². The standard InChI is InChI=1S/C14H19N/c1-3-7-12(8-4-1)13-14(11-15-13)9-5-2-6-10-14/h1,3-4,7-8,13,15H,2,5-6,9-11H2/t13-/m0/s1. The predicted octanol–water partition coefficient (Wildman–Crippen LogP) is 3.28. The van der Waals surface area contributed by atoms with E-state index in [0.717, 1.165) is 0 Å². The molecule has 1 aliphatic heterocycles. The summed E-state index contributed by atoms with van der Waals surface area (Å²) in [5.41, 5.74) is 2.10. The molecule has 0 unspecified atom stereocenters. The molecule has 1 spiro atoms. The van der Waals surface area contributed by atoms with E-state index in [2.05, 4.69) is 35.6 Å². The van der Waals surface area contributed by atoms with Crippen molar-refractivity contribution in [2.24, 2.45) is 5.41 Å². The van der Waals surface area contributed by atoms with E-state index in [0.29, 0.717) is 11.5 Å². The van der Waals surface area contributed by atoms with Gasteiger partial charge in [-0.15, -0.1) is 0 Å². The molecule has 1 aliphatic carbocycles. The number of nitrogens with one attached hydrogen (secondary N) is 1. The summed E-state index contributed by atoms with van der Waals surface area (Å²) < 4.78 is 0. The highest BCUT2D eigenvalue weighted by Gasteiger charge is 2.47. The average Bonchev–Trinajstić information content (AvgIpc) is 2.30. The maximum absolute atomic E-state index is 3.62. The van der Waals surface area contributed by atoms with Gasteiger partial charge in [0.2, 0.25) is 0 Å². The first-order chi connectivity index (χ1) is 7.41. The largest absolute Gasteiger partial charge is 0.309 e. The Morgan fingerprint density at radius 2 is 1.73 bits per heavy atom. The van der Waals surface area contributed by atoms with Gasteiger partial charge in [0.1, 0.15) is 0 Å². The van der Waals surface area contributed by atoms with Gasteiger partial charge in [0.25, 0.3) is 0 Å². The smallest absolute Gasteiger partial charge is 0.0389 e. The van der Waals surface area contributed by atoms with Gasteiger partial charge in [0, 0.05) is 18.0 Å². The van der Waals surface area contributed by atoms with Crippen molar-refractivity contribution < 1.29 is 0 Å². The Morgan fingerprint density at radius 3 is 2.33 bits per heavy atom. The molecule has 1 nitrogen and oxygen atoms in total. The fraction of sp³-hybridized carbons (Fsp3) is 0.571. The molecule has 1 heterocycles.